The fourth-order valence-corrected chi connectivity index (χ4v) is 2.78. The second-order valence-corrected chi connectivity index (χ2v) is 6.29. The van der Waals surface area contributed by atoms with Gasteiger partial charge < -0.3 is 9.88 Å². The molecule has 0 radical (unpaired) electrons. The Bertz CT molecular complexity index is 787. The lowest BCUT2D eigenvalue weighted by molar-refractivity contribution is -0.130. The molecule has 24 heavy (non-hydrogen) atoms. The minimum absolute atomic E-state index is 0.173. The molecule has 124 valence electrons. The van der Waals surface area contributed by atoms with E-state index in [9.17, 15) is 4.79 Å². The van der Waals surface area contributed by atoms with E-state index in [1.54, 1.807) is 4.90 Å². The van der Waals surface area contributed by atoms with Gasteiger partial charge in [-0.3, -0.25) is 4.79 Å². The first-order valence-electron chi connectivity index (χ1n) is 8.35. The van der Waals surface area contributed by atoms with Crippen LogP contribution >= 0.6 is 0 Å². The molecule has 1 heterocycles. The van der Waals surface area contributed by atoms with E-state index in [0.29, 0.717) is 13.0 Å². The van der Waals surface area contributed by atoms with Crippen molar-refractivity contribution < 1.29 is 4.79 Å². The van der Waals surface area contributed by atoms with Gasteiger partial charge in [0.15, 0.2) is 0 Å². The molecule has 1 aromatic heterocycles. The Labute approximate surface area is 142 Å². The summed E-state index contributed by atoms with van der Waals surface area (Å²) in [4.78, 5) is 21.9. The summed E-state index contributed by atoms with van der Waals surface area (Å²) in [6.45, 7) is 2.72. The molecule has 0 fully saturated rings. The van der Waals surface area contributed by atoms with Crippen molar-refractivity contribution in [2.45, 2.75) is 32.7 Å². The zero-order valence-corrected chi connectivity index (χ0v) is 14.2. The van der Waals surface area contributed by atoms with Gasteiger partial charge >= 0.3 is 0 Å². The largest absolute Gasteiger partial charge is 0.342 e. The van der Waals surface area contributed by atoms with Gasteiger partial charge in [-0.2, -0.15) is 0 Å². The second kappa shape index (κ2) is 7.30. The molecule has 0 aliphatic rings. The summed E-state index contributed by atoms with van der Waals surface area (Å²) in [5.41, 5.74) is 4.43. The topological polar surface area (TPSA) is 49.0 Å². The summed E-state index contributed by atoms with van der Waals surface area (Å²) in [7, 11) is 1.86. The number of nitrogens with zero attached hydrogens (tertiary/aromatic N) is 2. The Balaban J connectivity index is 1.48. The number of aromatic nitrogens is 2. The highest BCUT2D eigenvalue weighted by atomic mass is 16.2. The summed E-state index contributed by atoms with van der Waals surface area (Å²) in [5.74, 6) is 1.12. The monoisotopic (exact) mass is 321 g/mol. The molecule has 0 bridgehead atoms. The number of nitrogens with one attached hydrogen (secondary N) is 1. The molecular weight excluding hydrogens is 298 g/mol. The van der Waals surface area contributed by atoms with Gasteiger partial charge in [-0.05, 0) is 31.0 Å². The van der Waals surface area contributed by atoms with Crippen LogP contribution < -0.4 is 0 Å². The number of aromatic amines is 1. The van der Waals surface area contributed by atoms with Crippen LogP contribution in [0.4, 0.5) is 0 Å². The van der Waals surface area contributed by atoms with E-state index < -0.39 is 0 Å². The van der Waals surface area contributed by atoms with Crippen molar-refractivity contribution >= 4 is 16.9 Å². The van der Waals surface area contributed by atoms with Crippen LogP contribution in [0.25, 0.3) is 11.0 Å². The summed E-state index contributed by atoms with van der Waals surface area (Å²) in [6, 6.07) is 16.3. The number of fused-ring (bicyclic) bond motifs is 1. The van der Waals surface area contributed by atoms with Gasteiger partial charge in [0.1, 0.15) is 5.82 Å². The molecule has 0 spiro atoms. The second-order valence-electron chi connectivity index (χ2n) is 6.29. The molecule has 3 aromatic rings. The molecule has 4 nitrogen and oxygen atoms in total. The number of rotatable bonds is 6. The zero-order chi connectivity index (χ0) is 16.9. The minimum atomic E-state index is 0.173. The minimum Gasteiger partial charge on any atom is -0.342 e. The van der Waals surface area contributed by atoms with Gasteiger partial charge in [-0.1, -0.05) is 42.0 Å². The van der Waals surface area contributed by atoms with Crippen LogP contribution in [0, 0.1) is 6.92 Å². The van der Waals surface area contributed by atoms with Gasteiger partial charge in [0.05, 0.1) is 11.0 Å². The zero-order valence-electron chi connectivity index (χ0n) is 14.2. The number of aryl methyl sites for hydroxylation is 2. The first-order chi connectivity index (χ1) is 11.6. The number of imidazole rings is 1. The fourth-order valence-electron chi connectivity index (χ4n) is 2.78. The number of para-hydroxylation sites is 2. The first kappa shape index (κ1) is 16.2. The van der Waals surface area contributed by atoms with E-state index in [-0.39, 0.29) is 5.91 Å². The average molecular weight is 321 g/mol. The van der Waals surface area contributed by atoms with E-state index >= 15 is 0 Å². The van der Waals surface area contributed by atoms with Crippen molar-refractivity contribution in [2.24, 2.45) is 0 Å². The highest BCUT2D eigenvalue weighted by Crippen LogP contribution is 2.13. The van der Waals surface area contributed by atoms with Crippen LogP contribution in [-0.2, 0) is 17.8 Å². The Kier molecular flexibility index (Phi) is 4.94. The molecule has 0 unspecified atom stereocenters. The van der Waals surface area contributed by atoms with Gasteiger partial charge in [-0.25, -0.2) is 4.98 Å². The molecule has 2 aromatic carbocycles. The standard InChI is InChI=1S/C20H23N3O/c1-15-10-12-16(13-11-15)14-23(2)20(24)9-5-8-19-21-17-6-3-4-7-18(17)22-19/h3-4,6-7,10-13H,5,8-9,14H2,1-2H3,(H,21,22). The van der Waals surface area contributed by atoms with Crippen LogP contribution in [0.3, 0.4) is 0 Å². The van der Waals surface area contributed by atoms with Gasteiger partial charge in [0.25, 0.3) is 0 Å². The Hall–Kier alpha value is -2.62. The summed E-state index contributed by atoms with van der Waals surface area (Å²) < 4.78 is 0. The molecule has 0 atom stereocenters. The van der Waals surface area contributed by atoms with Crippen LogP contribution in [0.1, 0.15) is 29.8 Å². The summed E-state index contributed by atoms with van der Waals surface area (Å²) in [5, 5.41) is 0. The first-order valence-corrected chi connectivity index (χ1v) is 8.35. The molecule has 0 saturated heterocycles. The van der Waals surface area contributed by atoms with E-state index in [4.69, 9.17) is 0 Å². The van der Waals surface area contributed by atoms with Crippen molar-refractivity contribution in [2.75, 3.05) is 7.05 Å². The number of H-pyrrole nitrogens is 1. The van der Waals surface area contributed by atoms with Crippen LogP contribution in [-0.4, -0.2) is 27.8 Å². The number of carbonyl (C=O) groups excluding carboxylic acids is 1. The molecule has 3 rings (SSSR count). The average Bonchev–Trinajstić information content (AvgIpc) is 2.99. The van der Waals surface area contributed by atoms with Crippen molar-refractivity contribution in [1.29, 1.82) is 0 Å². The predicted octanol–water partition coefficient (Wildman–Crippen LogP) is 3.85. The van der Waals surface area contributed by atoms with Crippen molar-refractivity contribution in [3.8, 4) is 0 Å². The Morgan fingerprint density at radius 2 is 1.88 bits per heavy atom. The third kappa shape index (κ3) is 4.02. The quantitative estimate of drug-likeness (QED) is 0.749. The maximum atomic E-state index is 12.3. The summed E-state index contributed by atoms with van der Waals surface area (Å²) >= 11 is 0. The SMILES string of the molecule is Cc1ccc(CN(C)C(=O)CCCc2nc3ccccc3[nH]2)cc1. The van der Waals surface area contributed by atoms with Gasteiger partial charge in [0.2, 0.25) is 5.91 Å². The maximum Gasteiger partial charge on any atom is 0.222 e. The van der Waals surface area contributed by atoms with Crippen LogP contribution in [0.2, 0.25) is 0 Å². The van der Waals surface area contributed by atoms with Crippen LogP contribution in [0.15, 0.2) is 48.5 Å². The van der Waals surface area contributed by atoms with Crippen LogP contribution in [0.5, 0.6) is 0 Å². The molecule has 0 saturated carbocycles. The fraction of sp³-hybridized carbons (Fsp3) is 0.300. The third-order valence-corrected chi connectivity index (χ3v) is 4.21. The number of amides is 1. The maximum absolute atomic E-state index is 12.3. The normalized spacial score (nSPS) is 10.9. The lowest BCUT2D eigenvalue weighted by Crippen LogP contribution is -2.26. The molecule has 1 amide bonds. The highest BCUT2D eigenvalue weighted by molar-refractivity contribution is 5.76. The van der Waals surface area contributed by atoms with Crippen molar-refractivity contribution in [3.63, 3.8) is 0 Å². The lowest BCUT2D eigenvalue weighted by atomic mass is 10.1. The Morgan fingerprint density at radius 1 is 1.12 bits per heavy atom. The third-order valence-electron chi connectivity index (χ3n) is 4.21. The highest BCUT2D eigenvalue weighted by Gasteiger charge is 2.10. The predicted molar refractivity (Wildman–Crippen MR) is 96.7 cm³/mol. The molecular formula is C20H23N3O. The van der Waals surface area contributed by atoms with E-state index in [1.807, 2.05) is 31.3 Å². The Morgan fingerprint density at radius 3 is 2.62 bits per heavy atom. The molecule has 4 heteroatoms. The molecule has 0 aliphatic heterocycles. The number of benzene rings is 2. The van der Waals surface area contributed by atoms with Crippen molar-refractivity contribution in [1.82, 2.24) is 14.9 Å². The number of carbonyl (C=O) groups is 1. The van der Waals surface area contributed by atoms with E-state index in [0.717, 1.165) is 35.3 Å². The number of hydrogen-bond donors (Lipinski definition) is 1. The van der Waals surface area contributed by atoms with E-state index in [2.05, 4.69) is 41.2 Å². The van der Waals surface area contributed by atoms with E-state index in [1.165, 1.54) is 5.56 Å². The molecule has 1 N–H and O–H groups in total. The smallest absolute Gasteiger partial charge is 0.222 e. The van der Waals surface area contributed by atoms with Gasteiger partial charge in [-0.15, -0.1) is 0 Å². The molecule has 0 aliphatic carbocycles. The van der Waals surface area contributed by atoms with Crippen molar-refractivity contribution in [3.05, 3.63) is 65.5 Å². The number of hydrogen-bond acceptors (Lipinski definition) is 2. The van der Waals surface area contributed by atoms with Gasteiger partial charge in [0, 0.05) is 26.4 Å². The summed E-state index contributed by atoms with van der Waals surface area (Å²) in [6.07, 6.45) is 2.13. The lowest BCUT2D eigenvalue weighted by Gasteiger charge is -2.17.